The lowest BCUT2D eigenvalue weighted by molar-refractivity contribution is 0.0961. The molecule has 4 nitrogen and oxygen atoms in total. The summed E-state index contributed by atoms with van der Waals surface area (Å²) in [7, 11) is 1.70. The van der Waals surface area contributed by atoms with Gasteiger partial charge in [-0.05, 0) is 104 Å². The van der Waals surface area contributed by atoms with E-state index < -0.39 is 0 Å². The van der Waals surface area contributed by atoms with Gasteiger partial charge < -0.3 is 4.74 Å². The molecule has 39 heavy (non-hydrogen) atoms. The number of hydrogen-bond acceptors (Lipinski definition) is 4. The maximum atomic E-state index is 13.1. The molecule has 2 aliphatic rings. The monoisotopic (exact) mass is 564 g/mol. The molecular formula is C33H38Cl2N2O2. The van der Waals surface area contributed by atoms with Crippen LogP contribution in [0.25, 0.3) is 0 Å². The highest BCUT2D eigenvalue weighted by atomic mass is 35.5. The van der Waals surface area contributed by atoms with E-state index in [2.05, 4.69) is 46.2 Å². The third kappa shape index (κ3) is 7.64. The van der Waals surface area contributed by atoms with Crippen molar-refractivity contribution in [2.75, 3.05) is 33.3 Å². The summed E-state index contributed by atoms with van der Waals surface area (Å²) in [6.07, 6.45) is 5.92. The molecule has 0 aliphatic carbocycles. The minimum absolute atomic E-state index is 0.287. The molecule has 0 atom stereocenters. The molecular weight excluding hydrogens is 527 g/mol. The fourth-order valence-electron chi connectivity index (χ4n) is 5.90. The zero-order valence-electron chi connectivity index (χ0n) is 22.8. The zero-order chi connectivity index (χ0) is 27.2. The Morgan fingerprint density at radius 2 is 1.46 bits per heavy atom. The fraction of sp³-hybridized carbons (Fsp3) is 0.424. The number of piperidine rings is 1. The van der Waals surface area contributed by atoms with Gasteiger partial charge in [0, 0.05) is 38.2 Å². The highest BCUT2D eigenvalue weighted by Gasteiger charge is 2.21. The fourth-order valence-corrected chi connectivity index (χ4v) is 6.22. The number of ketones is 1. The number of Topliss-reactive ketones (excluding diaryl/α,β-unsaturated/α-hetero) is 1. The molecule has 0 spiro atoms. The Hall–Kier alpha value is -2.37. The van der Waals surface area contributed by atoms with Crippen molar-refractivity contribution in [3.8, 4) is 5.75 Å². The summed E-state index contributed by atoms with van der Waals surface area (Å²) < 4.78 is 5.28. The van der Waals surface area contributed by atoms with E-state index in [0.29, 0.717) is 22.4 Å². The van der Waals surface area contributed by atoms with Crippen LogP contribution in [0, 0.1) is 5.92 Å². The second-order valence-electron chi connectivity index (χ2n) is 11.0. The summed E-state index contributed by atoms with van der Waals surface area (Å²) >= 11 is 12.2. The number of benzene rings is 3. The molecule has 2 heterocycles. The van der Waals surface area contributed by atoms with Gasteiger partial charge in [-0.1, -0.05) is 53.5 Å². The van der Waals surface area contributed by atoms with Gasteiger partial charge in [-0.15, -0.1) is 0 Å². The van der Waals surface area contributed by atoms with Crippen molar-refractivity contribution in [1.82, 2.24) is 9.80 Å². The van der Waals surface area contributed by atoms with Crippen LogP contribution in [0.2, 0.25) is 10.0 Å². The summed E-state index contributed by atoms with van der Waals surface area (Å²) in [6, 6.07) is 20.7. The van der Waals surface area contributed by atoms with E-state index in [1.54, 1.807) is 7.11 Å². The first kappa shape index (κ1) is 28.2. The van der Waals surface area contributed by atoms with Crippen LogP contribution in [0.3, 0.4) is 0 Å². The van der Waals surface area contributed by atoms with Gasteiger partial charge in [-0.25, -0.2) is 0 Å². The molecule has 0 bridgehead atoms. The smallest absolute Gasteiger partial charge is 0.162 e. The molecule has 2 aliphatic heterocycles. The van der Waals surface area contributed by atoms with E-state index in [0.717, 1.165) is 82.7 Å². The predicted octanol–water partition coefficient (Wildman–Crippen LogP) is 7.48. The van der Waals surface area contributed by atoms with Gasteiger partial charge in [-0.2, -0.15) is 0 Å². The van der Waals surface area contributed by atoms with Gasteiger partial charge in [-0.3, -0.25) is 14.6 Å². The zero-order valence-corrected chi connectivity index (χ0v) is 24.3. The summed E-state index contributed by atoms with van der Waals surface area (Å²) in [5, 5.41) is 1.22. The van der Waals surface area contributed by atoms with Gasteiger partial charge >= 0.3 is 0 Å². The molecule has 5 rings (SSSR count). The quantitative estimate of drug-likeness (QED) is 0.252. The Kier molecular flexibility index (Phi) is 9.62. The van der Waals surface area contributed by atoms with Crippen LogP contribution >= 0.6 is 23.2 Å². The number of methoxy groups -OCH3 is 1. The summed E-state index contributed by atoms with van der Waals surface area (Å²) in [4.78, 5) is 18.1. The van der Waals surface area contributed by atoms with Gasteiger partial charge in [0.1, 0.15) is 5.75 Å². The lowest BCUT2D eigenvalue weighted by Crippen LogP contribution is -2.33. The standard InChI is InChI=1S/C33H38Cl2N2O2/c1-39-30-8-2-25(3-9-30)22-37-18-14-27-6-7-29(21-28(27)15-19-37)33(38)11-5-24-12-16-36(17-13-24)23-26-4-10-31(34)32(35)20-26/h2-4,6-10,20-21,24H,5,11-19,22-23H2,1H3. The van der Waals surface area contributed by atoms with Crippen LogP contribution in [0.5, 0.6) is 5.75 Å². The van der Waals surface area contributed by atoms with Crippen molar-refractivity contribution in [3.63, 3.8) is 0 Å². The van der Waals surface area contributed by atoms with Crippen molar-refractivity contribution in [1.29, 1.82) is 0 Å². The Morgan fingerprint density at radius 1 is 0.795 bits per heavy atom. The normalized spacial score (nSPS) is 17.0. The van der Waals surface area contributed by atoms with E-state index in [1.807, 2.05) is 24.3 Å². The largest absolute Gasteiger partial charge is 0.497 e. The number of carbonyl (C=O) groups excluding carboxylic acids is 1. The molecule has 206 valence electrons. The second-order valence-corrected chi connectivity index (χ2v) is 11.9. The number of ether oxygens (including phenoxy) is 1. The second kappa shape index (κ2) is 13.3. The number of hydrogen-bond donors (Lipinski definition) is 0. The molecule has 0 unspecified atom stereocenters. The first-order valence-corrected chi connectivity index (χ1v) is 14.9. The van der Waals surface area contributed by atoms with Crippen LogP contribution in [0.1, 0.15) is 58.3 Å². The van der Waals surface area contributed by atoms with Gasteiger partial charge in [0.25, 0.3) is 0 Å². The SMILES string of the molecule is COc1ccc(CN2CCc3ccc(C(=O)CCC4CCN(Cc5ccc(Cl)c(Cl)c5)CC4)cc3CC2)cc1. The maximum absolute atomic E-state index is 13.1. The maximum Gasteiger partial charge on any atom is 0.162 e. The van der Waals surface area contributed by atoms with Crippen molar-refractivity contribution in [2.45, 2.75) is 51.6 Å². The molecule has 0 amide bonds. The van der Waals surface area contributed by atoms with Crippen LogP contribution in [-0.2, 0) is 25.9 Å². The molecule has 6 heteroatoms. The Morgan fingerprint density at radius 3 is 2.18 bits per heavy atom. The predicted molar refractivity (Wildman–Crippen MR) is 160 cm³/mol. The van der Waals surface area contributed by atoms with Gasteiger partial charge in [0.05, 0.1) is 17.2 Å². The van der Waals surface area contributed by atoms with Gasteiger partial charge in [0.15, 0.2) is 5.78 Å². The van der Waals surface area contributed by atoms with Crippen LogP contribution in [0.15, 0.2) is 60.7 Å². The average molecular weight is 566 g/mol. The number of halogens is 2. The Balaban J connectivity index is 1.08. The molecule has 1 fully saturated rings. The van der Waals surface area contributed by atoms with E-state index in [1.165, 1.54) is 22.3 Å². The number of fused-ring (bicyclic) bond motifs is 1. The third-order valence-electron chi connectivity index (χ3n) is 8.37. The van der Waals surface area contributed by atoms with E-state index >= 15 is 0 Å². The van der Waals surface area contributed by atoms with Crippen LogP contribution < -0.4 is 4.74 Å². The molecule has 0 aromatic heterocycles. The molecule has 0 radical (unpaired) electrons. The minimum atomic E-state index is 0.287. The molecule has 0 N–H and O–H groups in total. The summed E-state index contributed by atoms with van der Waals surface area (Å²) in [5.41, 5.74) is 6.11. The topological polar surface area (TPSA) is 32.8 Å². The number of likely N-dealkylation sites (tertiary alicyclic amines) is 1. The van der Waals surface area contributed by atoms with E-state index in [-0.39, 0.29) is 5.78 Å². The van der Waals surface area contributed by atoms with Crippen molar-refractivity contribution in [3.05, 3.63) is 98.5 Å². The lowest BCUT2D eigenvalue weighted by atomic mass is 9.89. The molecule has 3 aromatic carbocycles. The van der Waals surface area contributed by atoms with Crippen LogP contribution in [0.4, 0.5) is 0 Å². The van der Waals surface area contributed by atoms with Crippen molar-refractivity contribution in [2.24, 2.45) is 5.92 Å². The van der Waals surface area contributed by atoms with E-state index in [4.69, 9.17) is 27.9 Å². The lowest BCUT2D eigenvalue weighted by Gasteiger charge is -2.32. The first-order valence-electron chi connectivity index (χ1n) is 14.1. The van der Waals surface area contributed by atoms with Crippen molar-refractivity contribution < 1.29 is 9.53 Å². The highest BCUT2D eigenvalue weighted by Crippen LogP contribution is 2.27. The molecule has 3 aromatic rings. The van der Waals surface area contributed by atoms with Crippen molar-refractivity contribution >= 4 is 29.0 Å². The number of nitrogens with zero attached hydrogens (tertiary/aromatic N) is 2. The summed E-state index contributed by atoms with van der Waals surface area (Å²) in [6.45, 7) is 6.01. The molecule has 1 saturated heterocycles. The number of carbonyl (C=O) groups is 1. The van der Waals surface area contributed by atoms with Gasteiger partial charge in [0.2, 0.25) is 0 Å². The van der Waals surface area contributed by atoms with E-state index in [9.17, 15) is 4.79 Å². The molecule has 0 saturated carbocycles. The summed E-state index contributed by atoms with van der Waals surface area (Å²) in [5.74, 6) is 1.80. The van der Waals surface area contributed by atoms with Crippen LogP contribution in [-0.4, -0.2) is 48.9 Å². The average Bonchev–Trinajstić information content (AvgIpc) is 3.16. The minimum Gasteiger partial charge on any atom is -0.497 e. The number of rotatable bonds is 9. The first-order chi connectivity index (χ1) is 19.0. The Labute approximate surface area is 242 Å². The third-order valence-corrected chi connectivity index (χ3v) is 9.10. The highest BCUT2D eigenvalue weighted by molar-refractivity contribution is 6.42. The Bertz CT molecular complexity index is 1270.